The number of thiazole rings is 2. The first-order valence-corrected chi connectivity index (χ1v) is 43.7. The minimum Gasteiger partial charge on any atom is -0.464 e. The smallest absolute Gasteiger partial charge is 0.191 e. The minimum absolute atomic E-state index is 0. The Morgan fingerprint density at radius 3 is 1.38 bits per heavy atom. The molecule has 3 fully saturated rings. The first-order chi connectivity index (χ1) is 58.6. The molecule has 20 aromatic rings. The molecule has 16 heteroatoms. The molecule has 0 aliphatic heterocycles. The number of H-pyrrole nitrogens is 3. The van der Waals surface area contributed by atoms with E-state index in [0.717, 1.165) is 88.4 Å². The summed E-state index contributed by atoms with van der Waals surface area (Å²) in [4.78, 5) is 44.7. The number of furan rings is 1. The Kier molecular flexibility index (Phi) is 42.1. The van der Waals surface area contributed by atoms with Crippen LogP contribution in [0.5, 0.6) is 0 Å². The summed E-state index contributed by atoms with van der Waals surface area (Å²) >= 11 is 3.49. The first-order valence-electron chi connectivity index (χ1n) is 42.1. The normalized spacial score (nSPS) is 12.9. The lowest BCUT2D eigenvalue weighted by Gasteiger charge is -2.68. The van der Waals surface area contributed by atoms with E-state index in [1.165, 1.54) is 156 Å². The van der Waals surface area contributed by atoms with Crippen molar-refractivity contribution in [3.05, 3.63) is 360 Å². The van der Waals surface area contributed by atoms with Crippen LogP contribution < -0.4 is 0 Å². The van der Waals surface area contributed by atoms with Gasteiger partial charge < -0.3 is 28.2 Å². The van der Waals surface area contributed by atoms with Crippen LogP contribution in [0.1, 0.15) is 207 Å². The van der Waals surface area contributed by atoms with E-state index in [1.807, 2.05) is 104 Å². The number of hydrogen-bond acceptors (Lipinski definition) is 12. The molecular formula is C114H148N12O2S2. The second-order valence-electron chi connectivity index (χ2n) is 34.0. The molecule has 13 aromatic heterocycles. The van der Waals surface area contributed by atoms with Crippen LogP contribution in [-0.4, -0.2) is 59.2 Å². The highest BCUT2D eigenvalue weighted by molar-refractivity contribution is 7.18. The average molecular weight is 1780 g/mol. The summed E-state index contributed by atoms with van der Waals surface area (Å²) in [6, 6.07) is 61.3. The second-order valence-corrected chi connectivity index (χ2v) is 36.6. The molecular weight excluding hydrogens is 1630 g/mol. The zero-order valence-electron chi connectivity index (χ0n) is 76.3. The van der Waals surface area contributed by atoms with Gasteiger partial charge in [-0.2, -0.15) is 0 Å². The number of benzene rings is 7. The average Bonchev–Trinajstić information content (AvgIpc) is 0.971. The molecule has 14 nitrogen and oxygen atoms in total. The molecule has 3 aliphatic carbocycles. The summed E-state index contributed by atoms with van der Waals surface area (Å²) in [5.41, 5.74) is 31.8. The summed E-state index contributed by atoms with van der Waals surface area (Å²) < 4.78 is 13.8. The van der Waals surface area contributed by atoms with Crippen LogP contribution in [0.25, 0.3) is 92.3 Å². The van der Waals surface area contributed by atoms with E-state index in [2.05, 4.69) is 347 Å². The predicted octanol–water partition coefficient (Wildman–Crippen LogP) is 33.9. The molecule has 23 rings (SSSR count). The third-order valence-electron chi connectivity index (χ3n) is 21.4. The van der Waals surface area contributed by atoms with E-state index in [0.29, 0.717) is 0 Å². The summed E-state index contributed by atoms with van der Waals surface area (Å²) in [6.45, 7) is 49.8. The minimum atomic E-state index is 0. The van der Waals surface area contributed by atoms with Gasteiger partial charge in [-0.05, 0) is 338 Å². The Morgan fingerprint density at radius 1 is 0.346 bits per heavy atom. The number of aryl methyl sites for hydroxylation is 22. The van der Waals surface area contributed by atoms with Gasteiger partial charge in [-0.25, -0.2) is 29.9 Å². The third-order valence-corrected chi connectivity index (χ3v) is 23.2. The Labute approximate surface area is 785 Å². The molecule has 3 N–H and O–H groups in total. The maximum Gasteiger partial charge on any atom is 0.191 e. The maximum absolute atomic E-state index is 5.33. The van der Waals surface area contributed by atoms with Crippen LogP contribution >= 0.6 is 22.7 Å². The van der Waals surface area contributed by atoms with Gasteiger partial charge in [0.15, 0.2) is 5.89 Å². The first kappa shape index (κ1) is 110. The number of aromatic nitrogens is 12. The predicted molar refractivity (Wildman–Crippen MR) is 569 cm³/mol. The van der Waals surface area contributed by atoms with Gasteiger partial charge in [0.1, 0.15) is 22.8 Å². The van der Waals surface area contributed by atoms with Gasteiger partial charge in [-0.3, -0.25) is 9.97 Å². The van der Waals surface area contributed by atoms with Crippen molar-refractivity contribution in [1.29, 1.82) is 0 Å². The van der Waals surface area contributed by atoms with Crippen molar-refractivity contribution in [3.8, 4) is 0 Å². The molecule has 0 unspecified atom stereocenters. The summed E-state index contributed by atoms with van der Waals surface area (Å²) in [6.07, 6.45) is 24.0. The molecule has 0 radical (unpaired) electrons. The number of aromatic amines is 3. The van der Waals surface area contributed by atoms with Gasteiger partial charge in [0.25, 0.3) is 0 Å². The van der Waals surface area contributed by atoms with Crippen molar-refractivity contribution in [1.82, 2.24) is 59.2 Å². The molecule has 3 aliphatic rings. The summed E-state index contributed by atoms with van der Waals surface area (Å²) in [5, 5.41) is 10.9. The van der Waals surface area contributed by atoms with Crippen molar-refractivity contribution < 1.29 is 8.83 Å². The molecule has 0 spiro atoms. The Bertz CT molecular complexity index is 6150. The summed E-state index contributed by atoms with van der Waals surface area (Å²) in [7, 11) is 0. The van der Waals surface area contributed by atoms with Crippen LogP contribution in [0.15, 0.2) is 247 Å². The van der Waals surface area contributed by atoms with E-state index < -0.39 is 0 Å². The molecule has 0 atom stereocenters. The van der Waals surface area contributed by atoms with Gasteiger partial charge in [-0.15, -0.1) is 22.7 Å². The molecule has 2 bridgehead atoms. The topological polar surface area (TPSA) is 181 Å². The maximum atomic E-state index is 5.33. The molecule has 130 heavy (non-hydrogen) atoms. The van der Waals surface area contributed by atoms with Crippen molar-refractivity contribution >= 4 is 115 Å². The Hall–Kier alpha value is -12.5. The SMILES string of the molecule is C.C.C.C.C.C.C.CC12CC(C)(C1)C2.Cc1ccc2c(C)c[nH]c2c1.Cc1ccc2c(C)c[nH]c2c1.Cc1ccc2c(C)c[nH]c2n1.Cc1ccc2c(C)ccn2c1.Cc1ccc2c(C)coc2c1.Cc1ccc2ccc(C)nc2c1.Cc1ccc2cnc(C)nc2c1.Cc1ccc2nc(C)sc2c1.Cc1cnc(C)o1.Cc1cnc(C)s1.Cc1cnc2cc(C)ccc2c1. The molecule has 13 heterocycles. The highest BCUT2D eigenvalue weighted by atomic mass is 32.1. The monoisotopic (exact) mass is 1780 g/mol. The van der Waals surface area contributed by atoms with Gasteiger partial charge in [0.2, 0.25) is 0 Å². The van der Waals surface area contributed by atoms with Crippen LogP contribution in [-0.2, 0) is 0 Å². The highest BCUT2D eigenvalue weighted by Crippen LogP contribution is 2.72. The van der Waals surface area contributed by atoms with Crippen molar-refractivity contribution in [3.63, 3.8) is 0 Å². The fourth-order valence-electron chi connectivity index (χ4n) is 15.6. The molecule has 0 amide bonds. The molecule has 688 valence electrons. The van der Waals surface area contributed by atoms with Crippen LogP contribution in [0.4, 0.5) is 0 Å². The number of hydrogen-bond donors (Lipinski definition) is 3. The number of rotatable bonds is 0. The van der Waals surface area contributed by atoms with Gasteiger partial charge >= 0.3 is 0 Å². The number of fused-ring (bicyclic) bond motifs is 9. The van der Waals surface area contributed by atoms with Crippen LogP contribution in [0, 0.1) is 163 Å². The fraction of sp³-hybridized carbons (Fsp3) is 0.316. The second kappa shape index (κ2) is 49.9. The number of oxazole rings is 1. The zero-order chi connectivity index (χ0) is 88.4. The Morgan fingerprint density at radius 2 is 0.838 bits per heavy atom. The number of nitrogens with zero attached hydrogens (tertiary/aromatic N) is 9. The van der Waals surface area contributed by atoms with E-state index in [9.17, 15) is 0 Å². The Balaban J connectivity index is 0.000000296. The number of pyridine rings is 4. The van der Waals surface area contributed by atoms with Crippen molar-refractivity contribution in [2.24, 2.45) is 10.8 Å². The lowest BCUT2D eigenvalue weighted by atomic mass is 9.37. The highest BCUT2D eigenvalue weighted by Gasteiger charge is 2.61. The van der Waals surface area contributed by atoms with Crippen LogP contribution in [0.3, 0.4) is 0 Å². The van der Waals surface area contributed by atoms with E-state index in [1.54, 1.807) is 35.1 Å². The van der Waals surface area contributed by atoms with Gasteiger partial charge in [0, 0.05) is 127 Å². The number of nitrogens with one attached hydrogen (secondary N) is 3. The standard InChI is InChI=1S/2C11H11N.C10H10N2.3C10H11N.C10H10O.C9H10N2.C9H9NS.C7H12.C5H7NO.C5H7NS.7CH4/c1-8-3-5-10-6-4-9(2)12-11(10)7-8;1-8-3-4-10-5-9(2)7-12-11(10)6-8;1-7-3-4-9-6-11-8(2)12-10(9)5-7;2*1-7-3-4-9-8(2)6-11-10(9)5-7;1-8-3-4-10-9(2)5-6-11(10)7-8;1-7-3-4-9-8(2)6-11-10(9)5-7;1-6-5-10-9-8(6)4-3-7(2)11-9;1-6-3-4-8-9(5-6)11-7(2)10-8;1-6-3-7(2,4-6)5-6;2*1-4-3-6-5(2)7-4;;;;;;;/h2*3-7H,1-2H3;3-6H,1-2H3;2*3-6,11H,1-2H3;3-7H,1-2H3;3-6H,1-2H3;3-5H,1-2H3,(H,10,11);3-5H,1-2H3;3-5H2,1-2H3;2*3H,1-2H3;7*1H4. The fourth-order valence-corrected chi connectivity index (χ4v) is 17.2. The van der Waals surface area contributed by atoms with Gasteiger partial charge in [-0.1, -0.05) is 157 Å². The van der Waals surface area contributed by atoms with E-state index in [-0.39, 0.29) is 52.0 Å². The molecule has 0 saturated heterocycles. The lowest BCUT2D eigenvalue weighted by molar-refractivity contribution is -0.176. The van der Waals surface area contributed by atoms with E-state index in [4.69, 9.17) is 8.83 Å². The largest absolute Gasteiger partial charge is 0.464 e. The lowest BCUT2D eigenvalue weighted by Crippen LogP contribution is -2.57. The molecule has 7 aromatic carbocycles. The van der Waals surface area contributed by atoms with Crippen molar-refractivity contribution in [2.75, 3.05) is 0 Å². The van der Waals surface area contributed by atoms with E-state index >= 15 is 0 Å². The van der Waals surface area contributed by atoms with Crippen molar-refractivity contribution in [2.45, 2.75) is 237 Å². The third kappa shape index (κ3) is 31.1. The molecule has 3 saturated carbocycles. The van der Waals surface area contributed by atoms with Gasteiger partial charge in [0.05, 0.1) is 49.2 Å². The summed E-state index contributed by atoms with van der Waals surface area (Å²) in [5.74, 6) is 2.43. The van der Waals surface area contributed by atoms with Crippen LogP contribution in [0.2, 0.25) is 0 Å². The zero-order valence-corrected chi connectivity index (χ0v) is 77.9. The quantitative estimate of drug-likeness (QED) is 0.132.